The van der Waals surface area contributed by atoms with Crippen LogP contribution in [0.25, 0.3) is 0 Å². The minimum atomic E-state index is -3.89. The Bertz CT molecular complexity index is 643. The van der Waals surface area contributed by atoms with Crippen LogP contribution in [-0.4, -0.2) is 37.0 Å². The van der Waals surface area contributed by atoms with Crippen LogP contribution in [0.1, 0.15) is 34.7 Å². The molecule has 0 aliphatic heterocycles. The first-order valence-corrected chi connectivity index (χ1v) is 8.81. The van der Waals surface area contributed by atoms with Gasteiger partial charge in [0, 0.05) is 11.3 Å². The number of carboxylic acid groups (broad SMARTS) is 1. The highest BCUT2D eigenvalue weighted by molar-refractivity contribution is 8.00. The van der Waals surface area contributed by atoms with Crippen LogP contribution in [0.2, 0.25) is 0 Å². The van der Waals surface area contributed by atoms with Gasteiger partial charge in [0.2, 0.25) is 10.0 Å². The van der Waals surface area contributed by atoms with Crippen LogP contribution < -0.4 is 4.72 Å². The van der Waals surface area contributed by atoms with Gasteiger partial charge in [-0.1, -0.05) is 0 Å². The van der Waals surface area contributed by atoms with Crippen molar-refractivity contribution in [2.45, 2.75) is 36.3 Å². The number of carbonyl (C=O) groups is 1. The highest BCUT2D eigenvalue weighted by Gasteiger charge is 2.43. The molecule has 20 heavy (non-hydrogen) atoms. The maximum Gasteiger partial charge on any atom is 0.340 e. The number of aromatic carboxylic acids is 1. The van der Waals surface area contributed by atoms with Crippen molar-refractivity contribution in [3.05, 3.63) is 17.1 Å². The number of carboxylic acids is 1. The van der Waals surface area contributed by atoms with Gasteiger partial charge in [-0.3, -0.25) is 0 Å². The molecule has 1 aromatic rings. The number of nitrogens with one attached hydrogen (secondary N) is 1. The number of sulfonamides is 1. The molecule has 1 aliphatic carbocycles. The fraction of sp³-hybridized carbons (Fsp3) is 0.583. The summed E-state index contributed by atoms with van der Waals surface area (Å²) in [5.74, 6) is -1.10. The van der Waals surface area contributed by atoms with E-state index >= 15 is 0 Å². The van der Waals surface area contributed by atoms with Crippen molar-refractivity contribution in [3.8, 4) is 0 Å². The van der Waals surface area contributed by atoms with Crippen LogP contribution in [0.5, 0.6) is 0 Å². The molecule has 0 amide bonds. The zero-order valence-corrected chi connectivity index (χ0v) is 13.2. The Kier molecular flexibility index (Phi) is 3.92. The molecule has 0 bridgehead atoms. The summed E-state index contributed by atoms with van der Waals surface area (Å²) in [4.78, 5) is 11.0. The van der Waals surface area contributed by atoms with Gasteiger partial charge in [-0.15, -0.1) is 0 Å². The number of rotatable bonds is 6. The summed E-state index contributed by atoms with van der Waals surface area (Å²) in [5, 5.41) is 9.15. The first-order valence-electron chi connectivity index (χ1n) is 6.10. The predicted molar refractivity (Wildman–Crippen MR) is 75.8 cm³/mol. The molecular weight excluding hydrogens is 302 g/mol. The van der Waals surface area contributed by atoms with Gasteiger partial charge >= 0.3 is 5.97 Å². The molecule has 8 heteroatoms. The molecule has 2 N–H and O–H groups in total. The third-order valence-electron chi connectivity index (χ3n) is 3.51. The Hall–Kier alpha value is -0.990. The van der Waals surface area contributed by atoms with Gasteiger partial charge in [0.15, 0.2) is 0 Å². The molecule has 0 spiro atoms. The van der Waals surface area contributed by atoms with E-state index in [1.165, 1.54) is 13.8 Å². The van der Waals surface area contributed by atoms with Gasteiger partial charge in [0.05, 0.1) is 0 Å². The summed E-state index contributed by atoms with van der Waals surface area (Å²) in [6.45, 7) is 3.20. The molecule has 0 atom stereocenters. The summed E-state index contributed by atoms with van der Waals surface area (Å²) >= 11 is 1.63. The molecule has 1 fully saturated rings. The van der Waals surface area contributed by atoms with E-state index < -0.39 is 16.0 Å². The lowest BCUT2D eigenvalue weighted by molar-refractivity contribution is 0.0691. The molecular formula is C12H17NO5S2. The number of furan rings is 1. The maximum absolute atomic E-state index is 12.3. The minimum absolute atomic E-state index is 0.0385. The van der Waals surface area contributed by atoms with Crippen LogP contribution in [-0.2, 0) is 10.0 Å². The SMILES string of the molecule is CSC1(CNS(=O)(=O)c2c(C)oc(C)c2C(=O)O)CC1. The third-order valence-corrected chi connectivity index (χ3v) is 6.48. The zero-order chi connectivity index (χ0) is 15.1. The number of thioether (sulfide) groups is 1. The first-order chi connectivity index (χ1) is 9.22. The summed E-state index contributed by atoms with van der Waals surface area (Å²) < 4.78 is 32.3. The Morgan fingerprint density at radius 2 is 2.00 bits per heavy atom. The third kappa shape index (κ3) is 2.72. The van der Waals surface area contributed by atoms with Crippen LogP contribution in [0.4, 0.5) is 0 Å². The number of aryl methyl sites for hydroxylation is 2. The number of hydrogen-bond donors (Lipinski definition) is 2. The largest absolute Gasteiger partial charge is 0.478 e. The van der Waals surface area contributed by atoms with Gasteiger partial charge in [-0.25, -0.2) is 17.9 Å². The zero-order valence-electron chi connectivity index (χ0n) is 11.5. The standard InChI is InChI=1S/C12H17NO5S2/c1-7-9(11(14)15)10(8(2)18-7)20(16,17)13-6-12(19-3)4-5-12/h13H,4-6H2,1-3H3,(H,14,15). The molecule has 1 saturated carbocycles. The van der Waals surface area contributed by atoms with E-state index in [0.29, 0.717) is 6.54 Å². The first kappa shape index (κ1) is 15.4. The highest BCUT2D eigenvalue weighted by atomic mass is 32.2. The van der Waals surface area contributed by atoms with Gasteiger partial charge in [-0.05, 0) is 32.9 Å². The van der Waals surface area contributed by atoms with Crippen LogP contribution in [0.3, 0.4) is 0 Å². The van der Waals surface area contributed by atoms with Crippen molar-refractivity contribution in [1.29, 1.82) is 0 Å². The minimum Gasteiger partial charge on any atom is -0.478 e. The fourth-order valence-electron chi connectivity index (χ4n) is 2.13. The predicted octanol–water partition coefficient (Wildman–Crippen LogP) is 1.77. The molecule has 0 radical (unpaired) electrons. The molecule has 1 aliphatic rings. The quantitative estimate of drug-likeness (QED) is 0.829. The van der Waals surface area contributed by atoms with Crippen molar-refractivity contribution in [2.24, 2.45) is 0 Å². The average molecular weight is 319 g/mol. The summed E-state index contributed by atoms with van der Waals surface area (Å²) in [6.07, 6.45) is 3.87. The second-order valence-electron chi connectivity index (χ2n) is 4.94. The molecule has 1 heterocycles. The summed E-state index contributed by atoms with van der Waals surface area (Å²) in [6, 6.07) is 0. The molecule has 6 nitrogen and oxygen atoms in total. The molecule has 112 valence electrons. The Labute approximate surface area is 122 Å². The Morgan fingerprint density at radius 3 is 2.45 bits per heavy atom. The summed E-state index contributed by atoms with van der Waals surface area (Å²) in [7, 11) is -3.89. The number of hydrogen-bond acceptors (Lipinski definition) is 5. The van der Waals surface area contributed by atoms with E-state index in [1.54, 1.807) is 11.8 Å². The van der Waals surface area contributed by atoms with Gasteiger partial charge in [0.25, 0.3) is 0 Å². The van der Waals surface area contributed by atoms with Crippen molar-refractivity contribution in [2.75, 3.05) is 12.8 Å². The van der Waals surface area contributed by atoms with E-state index in [1.807, 2.05) is 6.26 Å². The average Bonchev–Trinajstić information content (AvgIpc) is 3.06. The normalized spacial score (nSPS) is 17.1. The fourth-order valence-corrected chi connectivity index (χ4v) is 4.47. The van der Waals surface area contributed by atoms with E-state index in [2.05, 4.69) is 4.72 Å². The molecule has 1 aromatic heterocycles. The summed E-state index contributed by atoms with van der Waals surface area (Å²) in [5.41, 5.74) is -0.288. The highest BCUT2D eigenvalue weighted by Crippen LogP contribution is 2.46. The van der Waals surface area contributed by atoms with E-state index in [0.717, 1.165) is 12.8 Å². The Morgan fingerprint density at radius 1 is 1.40 bits per heavy atom. The van der Waals surface area contributed by atoms with Crippen LogP contribution in [0, 0.1) is 13.8 Å². The topological polar surface area (TPSA) is 96.6 Å². The maximum atomic E-state index is 12.3. The van der Waals surface area contributed by atoms with Crippen molar-refractivity contribution >= 4 is 27.8 Å². The van der Waals surface area contributed by atoms with E-state index in [-0.39, 0.29) is 26.7 Å². The molecule has 0 aromatic carbocycles. The van der Waals surface area contributed by atoms with Crippen molar-refractivity contribution in [1.82, 2.24) is 4.72 Å². The van der Waals surface area contributed by atoms with Gasteiger partial charge in [0.1, 0.15) is 22.0 Å². The molecule has 2 rings (SSSR count). The van der Waals surface area contributed by atoms with E-state index in [9.17, 15) is 13.2 Å². The second kappa shape index (κ2) is 5.09. The lowest BCUT2D eigenvalue weighted by Crippen LogP contribution is -2.32. The van der Waals surface area contributed by atoms with E-state index in [4.69, 9.17) is 9.52 Å². The van der Waals surface area contributed by atoms with Crippen LogP contribution in [0.15, 0.2) is 9.31 Å². The Balaban J connectivity index is 2.32. The lowest BCUT2D eigenvalue weighted by Gasteiger charge is -2.13. The van der Waals surface area contributed by atoms with Crippen molar-refractivity contribution in [3.63, 3.8) is 0 Å². The van der Waals surface area contributed by atoms with Gasteiger partial charge < -0.3 is 9.52 Å². The monoisotopic (exact) mass is 319 g/mol. The van der Waals surface area contributed by atoms with Crippen molar-refractivity contribution < 1.29 is 22.7 Å². The smallest absolute Gasteiger partial charge is 0.340 e. The van der Waals surface area contributed by atoms with Crippen LogP contribution >= 0.6 is 11.8 Å². The van der Waals surface area contributed by atoms with Gasteiger partial charge in [-0.2, -0.15) is 11.8 Å². The molecule has 0 saturated heterocycles. The molecule has 0 unspecified atom stereocenters. The second-order valence-corrected chi connectivity index (χ2v) is 7.91. The lowest BCUT2D eigenvalue weighted by atomic mass is 10.2.